The van der Waals surface area contributed by atoms with Crippen molar-refractivity contribution < 1.29 is 22.7 Å². The summed E-state index contributed by atoms with van der Waals surface area (Å²) in [5, 5.41) is 2.75. The fourth-order valence-electron chi connectivity index (χ4n) is 3.85. The normalized spacial score (nSPS) is 11.9. The molecule has 0 saturated carbocycles. The predicted molar refractivity (Wildman–Crippen MR) is 152 cm³/mol. The summed E-state index contributed by atoms with van der Waals surface area (Å²) in [4.78, 5) is 28.0. The molecule has 0 spiro atoms. The van der Waals surface area contributed by atoms with E-state index in [1.54, 1.807) is 50.2 Å². The van der Waals surface area contributed by atoms with Gasteiger partial charge in [0.05, 0.1) is 17.7 Å². The molecule has 0 aliphatic heterocycles. The van der Waals surface area contributed by atoms with E-state index in [1.807, 2.05) is 31.2 Å². The number of likely N-dealkylation sites (N-methyl/N-ethyl adjacent to an activating group) is 1. The monoisotopic (exact) mass is 601 g/mol. The Balaban J connectivity index is 2.03. The minimum absolute atomic E-state index is 0.0574. The van der Waals surface area contributed by atoms with Crippen molar-refractivity contribution in [2.24, 2.45) is 0 Å². The second-order valence-corrected chi connectivity index (χ2v) is 11.5. The number of nitrogens with zero attached hydrogens (tertiary/aromatic N) is 2. The number of carbonyl (C=O) groups is 2. The van der Waals surface area contributed by atoms with Gasteiger partial charge in [0, 0.05) is 17.6 Å². The van der Waals surface area contributed by atoms with E-state index < -0.39 is 28.5 Å². The third-order valence-electron chi connectivity index (χ3n) is 6.01. The number of benzene rings is 3. The van der Waals surface area contributed by atoms with Crippen LogP contribution in [-0.4, -0.2) is 51.4 Å². The quantitative estimate of drug-likeness (QED) is 0.349. The van der Waals surface area contributed by atoms with Gasteiger partial charge in [0.2, 0.25) is 11.8 Å². The average molecular weight is 603 g/mol. The Kier molecular flexibility index (Phi) is 9.93. The number of hydrogen-bond acceptors (Lipinski definition) is 5. The standard InChI is InChI=1S/C28H32BrN3O5S/c1-5-30-28(34)21(3)31(18-22-7-6-8-23(29)17-22)27(33)19-32(24-11-13-25(37-4)14-12-24)38(35,36)26-15-9-20(2)10-16-26/h6-17,21H,5,18-19H2,1-4H3,(H,30,34)/t21-/m1/s1. The molecular weight excluding hydrogens is 570 g/mol. The smallest absolute Gasteiger partial charge is 0.264 e. The molecule has 1 atom stereocenters. The van der Waals surface area contributed by atoms with Crippen LogP contribution in [0.2, 0.25) is 0 Å². The summed E-state index contributed by atoms with van der Waals surface area (Å²) in [6.45, 7) is 5.32. The van der Waals surface area contributed by atoms with Crippen LogP contribution in [0.15, 0.2) is 82.2 Å². The van der Waals surface area contributed by atoms with E-state index >= 15 is 0 Å². The Morgan fingerprint density at radius 3 is 2.26 bits per heavy atom. The van der Waals surface area contributed by atoms with Gasteiger partial charge in [0.25, 0.3) is 10.0 Å². The molecule has 0 aromatic heterocycles. The number of hydrogen-bond donors (Lipinski definition) is 1. The second kappa shape index (κ2) is 12.9. The molecule has 8 nitrogen and oxygen atoms in total. The summed E-state index contributed by atoms with van der Waals surface area (Å²) < 4.78 is 34.7. The summed E-state index contributed by atoms with van der Waals surface area (Å²) in [6, 6.07) is 19.5. The number of anilines is 1. The lowest BCUT2D eigenvalue weighted by Gasteiger charge is -2.32. The number of carbonyl (C=O) groups excluding carboxylic acids is 2. The Bertz CT molecular complexity index is 1360. The van der Waals surface area contributed by atoms with Crippen LogP contribution in [0, 0.1) is 6.92 Å². The summed E-state index contributed by atoms with van der Waals surface area (Å²) in [5.74, 6) is -0.294. The lowest BCUT2D eigenvalue weighted by atomic mass is 10.1. The largest absolute Gasteiger partial charge is 0.497 e. The fourth-order valence-corrected chi connectivity index (χ4v) is 5.71. The highest BCUT2D eigenvalue weighted by atomic mass is 79.9. The molecule has 3 rings (SSSR count). The van der Waals surface area contributed by atoms with Crippen molar-refractivity contribution in [2.45, 2.75) is 38.3 Å². The van der Waals surface area contributed by atoms with Crippen molar-refractivity contribution in [1.29, 1.82) is 0 Å². The van der Waals surface area contributed by atoms with Crippen LogP contribution in [0.25, 0.3) is 0 Å². The molecule has 0 saturated heterocycles. The minimum atomic E-state index is -4.12. The van der Waals surface area contributed by atoms with Gasteiger partial charge in [0.1, 0.15) is 18.3 Å². The van der Waals surface area contributed by atoms with Crippen molar-refractivity contribution in [3.8, 4) is 5.75 Å². The maximum Gasteiger partial charge on any atom is 0.264 e. The van der Waals surface area contributed by atoms with Crippen LogP contribution in [0.3, 0.4) is 0 Å². The number of halogens is 1. The van der Waals surface area contributed by atoms with Gasteiger partial charge in [-0.05, 0) is 74.9 Å². The number of amides is 2. The third-order valence-corrected chi connectivity index (χ3v) is 8.29. The van der Waals surface area contributed by atoms with Crippen LogP contribution >= 0.6 is 15.9 Å². The van der Waals surface area contributed by atoms with Crippen molar-refractivity contribution in [3.63, 3.8) is 0 Å². The number of methoxy groups -OCH3 is 1. The molecule has 2 amide bonds. The van der Waals surface area contributed by atoms with E-state index in [2.05, 4.69) is 21.2 Å². The molecule has 38 heavy (non-hydrogen) atoms. The zero-order valence-electron chi connectivity index (χ0n) is 21.8. The van der Waals surface area contributed by atoms with Crippen molar-refractivity contribution in [3.05, 3.63) is 88.4 Å². The molecule has 0 radical (unpaired) electrons. The molecule has 3 aromatic carbocycles. The molecule has 10 heteroatoms. The topological polar surface area (TPSA) is 96.0 Å². The summed E-state index contributed by atoms with van der Waals surface area (Å²) in [5.41, 5.74) is 2.00. The van der Waals surface area contributed by atoms with E-state index in [4.69, 9.17) is 4.74 Å². The van der Waals surface area contributed by atoms with Crippen molar-refractivity contribution in [2.75, 3.05) is 24.5 Å². The Morgan fingerprint density at radius 2 is 1.68 bits per heavy atom. The third kappa shape index (κ3) is 7.14. The molecule has 1 N–H and O–H groups in total. The number of rotatable bonds is 11. The number of ether oxygens (including phenoxy) is 1. The van der Waals surface area contributed by atoms with Gasteiger partial charge >= 0.3 is 0 Å². The van der Waals surface area contributed by atoms with Gasteiger partial charge in [0.15, 0.2) is 0 Å². The zero-order valence-corrected chi connectivity index (χ0v) is 24.3. The highest BCUT2D eigenvalue weighted by molar-refractivity contribution is 9.10. The van der Waals surface area contributed by atoms with Gasteiger partial charge in [-0.15, -0.1) is 0 Å². The van der Waals surface area contributed by atoms with Gasteiger partial charge in [-0.1, -0.05) is 45.8 Å². The Morgan fingerprint density at radius 1 is 1.03 bits per heavy atom. The lowest BCUT2D eigenvalue weighted by Crippen LogP contribution is -2.51. The van der Waals surface area contributed by atoms with Crippen LogP contribution in [0.4, 0.5) is 5.69 Å². The lowest BCUT2D eigenvalue weighted by molar-refractivity contribution is -0.139. The predicted octanol–water partition coefficient (Wildman–Crippen LogP) is 4.51. The van der Waals surface area contributed by atoms with Crippen LogP contribution in [-0.2, 0) is 26.2 Å². The maximum atomic E-state index is 13.8. The highest BCUT2D eigenvalue weighted by Crippen LogP contribution is 2.27. The molecular formula is C28H32BrN3O5S. The van der Waals surface area contributed by atoms with E-state index in [0.29, 0.717) is 18.0 Å². The Hall–Kier alpha value is -3.37. The zero-order chi connectivity index (χ0) is 27.9. The molecule has 0 fully saturated rings. The first-order chi connectivity index (χ1) is 18.1. The first-order valence-corrected chi connectivity index (χ1v) is 14.3. The van der Waals surface area contributed by atoms with Gasteiger partial charge in [-0.25, -0.2) is 8.42 Å². The average Bonchev–Trinajstić information content (AvgIpc) is 2.90. The number of nitrogens with one attached hydrogen (secondary N) is 1. The van der Waals surface area contributed by atoms with Crippen LogP contribution in [0.5, 0.6) is 5.75 Å². The SMILES string of the molecule is CCNC(=O)[C@@H](C)N(Cc1cccc(Br)c1)C(=O)CN(c1ccc(OC)cc1)S(=O)(=O)c1ccc(C)cc1. The summed E-state index contributed by atoms with van der Waals surface area (Å²) in [6.07, 6.45) is 0. The summed E-state index contributed by atoms with van der Waals surface area (Å²) >= 11 is 3.44. The maximum absolute atomic E-state index is 13.8. The van der Waals surface area contributed by atoms with E-state index in [0.717, 1.165) is 19.9 Å². The number of aryl methyl sites for hydroxylation is 1. The van der Waals surface area contributed by atoms with E-state index in [9.17, 15) is 18.0 Å². The van der Waals surface area contributed by atoms with Crippen molar-refractivity contribution >= 4 is 43.5 Å². The molecule has 0 aliphatic rings. The molecule has 0 heterocycles. The molecule has 0 aliphatic carbocycles. The fraction of sp³-hybridized carbons (Fsp3) is 0.286. The Labute approximate surface area is 232 Å². The van der Waals surface area contributed by atoms with Gasteiger partial charge < -0.3 is 15.0 Å². The van der Waals surface area contributed by atoms with E-state index in [1.165, 1.54) is 24.1 Å². The number of sulfonamides is 1. The van der Waals surface area contributed by atoms with Crippen LogP contribution in [0.1, 0.15) is 25.0 Å². The molecule has 0 unspecified atom stereocenters. The van der Waals surface area contributed by atoms with Gasteiger partial charge in [-0.3, -0.25) is 13.9 Å². The molecule has 0 bridgehead atoms. The highest BCUT2D eigenvalue weighted by Gasteiger charge is 2.32. The minimum Gasteiger partial charge on any atom is -0.497 e. The van der Waals surface area contributed by atoms with Crippen molar-refractivity contribution in [1.82, 2.24) is 10.2 Å². The summed E-state index contributed by atoms with van der Waals surface area (Å²) in [7, 11) is -2.60. The van der Waals surface area contributed by atoms with E-state index in [-0.39, 0.29) is 17.3 Å². The molecule has 202 valence electrons. The molecule has 3 aromatic rings. The van der Waals surface area contributed by atoms with Crippen LogP contribution < -0.4 is 14.4 Å². The second-order valence-electron chi connectivity index (χ2n) is 8.74. The first kappa shape index (κ1) is 29.2. The first-order valence-electron chi connectivity index (χ1n) is 12.1. The van der Waals surface area contributed by atoms with Gasteiger partial charge in [-0.2, -0.15) is 0 Å².